The summed E-state index contributed by atoms with van der Waals surface area (Å²) in [7, 11) is 4.17. The number of hydrogen-bond acceptors (Lipinski definition) is 3. The monoisotopic (exact) mass is 354 g/mol. The molecule has 0 aromatic rings. The van der Waals surface area contributed by atoms with Crippen LogP contribution in [0.4, 0.5) is 0 Å². The van der Waals surface area contributed by atoms with Crippen LogP contribution in [0.1, 0.15) is 60.3 Å². The molecule has 2 bridgehead atoms. The van der Waals surface area contributed by atoms with Crippen LogP contribution in [0.2, 0.25) is 0 Å². The van der Waals surface area contributed by atoms with E-state index in [2.05, 4.69) is 48.7 Å². The molecule has 0 radical (unpaired) electrons. The number of rotatable bonds is 9. The van der Waals surface area contributed by atoms with Crippen molar-refractivity contribution in [2.75, 3.05) is 40.4 Å². The molecular weight excluding hydrogens is 314 g/mol. The summed E-state index contributed by atoms with van der Waals surface area (Å²) in [6.45, 7) is 14.0. The Morgan fingerprint density at radius 1 is 1.20 bits per heavy atom. The van der Waals surface area contributed by atoms with Crippen LogP contribution in [0.3, 0.4) is 0 Å². The topological polar surface area (TPSA) is 35.5 Å². The quantitative estimate of drug-likeness (QED) is 0.465. The molecule has 0 spiro atoms. The van der Waals surface area contributed by atoms with Gasteiger partial charge in [0.25, 0.3) is 0 Å². The maximum absolute atomic E-state index is 12.0. The van der Waals surface area contributed by atoms with E-state index in [0.717, 1.165) is 25.5 Å². The molecule has 2 rings (SSSR count). The summed E-state index contributed by atoms with van der Waals surface area (Å²) in [6, 6.07) is 0. The molecule has 0 aromatic heterocycles. The van der Waals surface area contributed by atoms with Gasteiger partial charge in [0.1, 0.15) is 6.54 Å². The van der Waals surface area contributed by atoms with Crippen LogP contribution in [0, 0.1) is 22.7 Å². The molecule has 0 aromatic carbocycles. The fourth-order valence-corrected chi connectivity index (χ4v) is 4.71. The van der Waals surface area contributed by atoms with Crippen LogP contribution in [-0.2, 0) is 14.3 Å². The number of likely N-dealkylation sites (N-methyl/N-ethyl adjacent to an activating group) is 1. The minimum Gasteiger partial charge on any atom is -0.462 e. The average Bonchev–Trinajstić information content (AvgIpc) is 2.79. The van der Waals surface area contributed by atoms with Gasteiger partial charge in [-0.1, -0.05) is 34.6 Å². The first-order valence-corrected chi connectivity index (χ1v) is 10.1. The predicted octanol–water partition coefficient (Wildman–Crippen LogP) is 3.88. The highest BCUT2D eigenvalue weighted by atomic mass is 16.5. The van der Waals surface area contributed by atoms with E-state index in [1.165, 1.54) is 19.3 Å². The Morgan fingerprint density at radius 3 is 2.40 bits per heavy atom. The second-order valence-electron chi connectivity index (χ2n) is 10.2. The van der Waals surface area contributed by atoms with Gasteiger partial charge in [0.15, 0.2) is 6.54 Å². The molecule has 0 N–H and O–H groups in total. The van der Waals surface area contributed by atoms with Gasteiger partial charge in [-0.3, -0.25) is 0 Å². The standard InChI is InChI=1S/C21H40NO3/c1-16(2)9-12-25-19(23)15-22(6,7)11-13-24-18-14-17-8-10-21(18,5)20(17,3)4/h16-18H,8-15H2,1-7H3/q+1/t17-,18-,21-/m1/s1. The first-order valence-electron chi connectivity index (χ1n) is 10.1. The van der Waals surface area contributed by atoms with Crippen LogP contribution in [0.5, 0.6) is 0 Å². The number of nitrogens with zero attached hydrogens (tertiary/aromatic N) is 1. The molecule has 0 saturated heterocycles. The molecule has 2 saturated carbocycles. The third kappa shape index (κ3) is 4.57. The van der Waals surface area contributed by atoms with E-state index in [-0.39, 0.29) is 5.97 Å². The summed E-state index contributed by atoms with van der Waals surface area (Å²) in [5.74, 6) is 1.27. The molecule has 0 amide bonds. The molecule has 146 valence electrons. The molecule has 0 aliphatic heterocycles. The Labute approximate surface area is 154 Å². The Hall–Kier alpha value is -0.610. The van der Waals surface area contributed by atoms with Crippen molar-refractivity contribution in [3.63, 3.8) is 0 Å². The minimum absolute atomic E-state index is 0.0985. The molecule has 0 heterocycles. The number of carbonyl (C=O) groups excluding carboxylic acids is 1. The Morgan fingerprint density at radius 2 is 1.88 bits per heavy atom. The summed E-state index contributed by atoms with van der Waals surface area (Å²) < 4.78 is 12.3. The van der Waals surface area contributed by atoms with Gasteiger partial charge in [-0.05, 0) is 48.3 Å². The number of carbonyl (C=O) groups is 1. The van der Waals surface area contributed by atoms with E-state index in [0.29, 0.717) is 40.5 Å². The van der Waals surface area contributed by atoms with Gasteiger partial charge in [-0.25, -0.2) is 4.79 Å². The number of fused-ring (bicyclic) bond motifs is 2. The van der Waals surface area contributed by atoms with Gasteiger partial charge in [-0.2, -0.15) is 0 Å². The first kappa shape index (κ1) is 20.7. The fraction of sp³-hybridized carbons (Fsp3) is 0.952. The van der Waals surface area contributed by atoms with Gasteiger partial charge in [-0.15, -0.1) is 0 Å². The maximum Gasteiger partial charge on any atom is 0.361 e. The zero-order valence-electron chi connectivity index (χ0n) is 17.6. The van der Waals surface area contributed by atoms with Crippen molar-refractivity contribution in [2.45, 2.75) is 66.4 Å². The molecular formula is C21H40NO3+. The van der Waals surface area contributed by atoms with Gasteiger partial charge in [0, 0.05) is 0 Å². The smallest absolute Gasteiger partial charge is 0.361 e. The van der Waals surface area contributed by atoms with E-state index in [1.807, 2.05) is 0 Å². The predicted molar refractivity (Wildman–Crippen MR) is 101 cm³/mol. The van der Waals surface area contributed by atoms with Crippen LogP contribution in [0.15, 0.2) is 0 Å². The van der Waals surface area contributed by atoms with Gasteiger partial charge >= 0.3 is 5.97 Å². The van der Waals surface area contributed by atoms with Crippen molar-refractivity contribution < 1.29 is 18.8 Å². The lowest BCUT2D eigenvalue weighted by Gasteiger charge is -2.39. The number of quaternary nitrogens is 1. The zero-order chi connectivity index (χ0) is 18.9. The summed E-state index contributed by atoms with van der Waals surface area (Å²) in [5, 5.41) is 0. The van der Waals surface area contributed by atoms with Gasteiger partial charge < -0.3 is 14.0 Å². The summed E-state index contributed by atoms with van der Waals surface area (Å²) in [6.07, 6.45) is 5.15. The largest absolute Gasteiger partial charge is 0.462 e. The Kier molecular flexibility index (Phi) is 6.26. The van der Waals surface area contributed by atoms with E-state index in [4.69, 9.17) is 9.47 Å². The van der Waals surface area contributed by atoms with Crippen molar-refractivity contribution in [1.82, 2.24) is 0 Å². The Balaban J connectivity index is 1.73. The lowest BCUT2D eigenvalue weighted by Crippen LogP contribution is -2.47. The lowest BCUT2D eigenvalue weighted by atomic mass is 9.70. The second kappa shape index (κ2) is 7.56. The van der Waals surface area contributed by atoms with Crippen molar-refractivity contribution >= 4 is 5.97 Å². The molecule has 2 aliphatic rings. The van der Waals surface area contributed by atoms with E-state index >= 15 is 0 Å². The number of ether oxygens (including phenoxy) is 2. The van der Waals surface area contributed by atoms with Crippen molar-refractivity contribution in [3.05, 3.63) is 0 Å². The summed E-state index contributed by atoms with van der Waals surface area (Å²) >= 11 is 0. The van der Waals surface area contributed by atoms with E-state index in [9.17, 15) is 4.79 Å². The van der Waals surface area contributed by atoms with Gasteiger partial charge in [0.2, 0.25) is 0 Å². The number of hydrogen-bond donors (Lipinski definition) is 0. The van der Waals surface area contributed by atoms with E-state index < -0.39 is 0 Å². The minimum atomic E-state index is -0.0985. The molecule has 2 aliphatic carbocycles. The first-order chi connectivity index (χ1) is 11.5. The highest BCUT2D eigenvalue weighted by molar-refractivity contribution is 5.70. The normalized spacial score (nSPS) is 30.9. The highest BCUT2D eigenvalue weighted by Crippen LogP contribution is 2.66. The third-order valence-corrected chi connectivity index (χ3v) is 7.24. The average molecular weight is 355 g/mol. The lowest BCUT2D eigenvalue weighted by molar-refractivity contribution is -0.883. The van der Waals surface area contributed by atoms with Gasteiger partial charge in [0.05, 0.1) is 33.4 Å². The second-order valence-corrected chi connectivity index (χ2v) is 10.2. The molecule has 2 fully saturated rings. The molecule has 4 heteroatoms. The van der Waals surface area contributed by atoms with E-state index in [1.54, 1.807) is 0 Å². The molecule has 3 atom stereocenters. The summed E-state index contributed by atoms with van der Waals surface area (Å²) in [4.78, 5) is 12.0. The SMILES string of the molecule is CC(C)CCOC(=O)C[N+](C)(C)CCO[C@@H]1C[C@H]2CC[C@@]1(C)C2(C)C. The highest BCUT2D eigenvalue weighted by Gasteiger charge is 2.61. The zero-order valence-corrected chi connectivity index (χ0v) is 17.6. The summed E-state index contributed by atoms with van der Waals surface area (Å²) in [5.41, 5.74) is 0.701. The Bertz CT molecular complexity index is 472. The van der Waals surface area contributed by atoms with Crippen molar-refractivity contribution in [2.24, 2.45) is 22.7 Å². The van der Waals surface area contributed by atoms with Crippen molar-refractivity contribution in [3.8, 4) is 0 Å². The van der Waals surface area contributed by atoms with Crippen molar-refractivity contribution in [1.29, 1.82) is 0 Å². The molecule has 4 nitrogen and oxygen atoms in total. The molecule has 25 heavy (non-hydrogen) atoms. The third-order valence-electron chi connectivity index (χ3n) is 7.24. The maximum atomic E-state index is 12.0. The van der Waals surface area contributed by atoms with Crippen LogP contribution in [-0.4, -0.2) is 57.0 Å². The van der Waals surface area contributed by atoms with Crippen LogP contribution >= 0.6 is 0 Å². The number of esters is 1. The fourth-order valence-electron chi connectivity index (χ4n) is 4.71. The van der Waals surface area contributed by atoms with Crippen LogP contribution in [0.25, 0.3) is 0 Å². The van der Waals surface area contributed by atoms with Crippen LogP contribution < -0.4 is 0 Å². The molecule has 0 unspecified atom stereocenters.